The van der Waals surface area contributed by atoms with Gasteiger partial charge in [-0.1, -0.05) is 0 Å². The maximum atomic E-state index is 5.99. The van der Waals surface area contributed by atoms with Crippen LogP contribution in [0.5, 0.6) is 17.4 Å². The molecule has 2 aromatic heterocycles. The molecular formula is C18H15N3O2. The monoisotopic (exact) mass is 305 g/mol. The summed E-state index contributed by atoms with van der Waals surface area (Å²) in [5, 5.41) is 1.92. The molecule has 0 atom stereocenters. The molecule has 5 heteroatoms. The fourth-order valence-corrected chi connectivity index (χ4v) is 2.67. The van der Waals surface area contributed by atoms with Crippen LogP contribution in [0.25, 0.3) is 21.8 Å². The fraction of sp³-hybridized carbons (Fsp3) is 0.111. The van der Waals surface area contributed by atoms with Crippen molar-refractivity contribution < 1.29 is 9.47 Å². The van der Waals surface area contributed by atoms with E-state index in [-0.39, 0.29) is 0 Å². The molecule has 0 amide bonds. The predicted molar refractivity (Wildman–Crippen MR) is 89.2 cm³/mol. The van der Waals surface area contributed by atoms with E-state index in [9.17, 15) is 0 Å². The summed E-state index contributed by atoms with van der Waals surface area (Å²) in [6.07, 6.45) is 3.42. The van der Waals surface area contributed by atoms with Crippen LogP contribution in [0.2, 0.25) is 0 Å². The van der Waals surface area contributed by atoms with Gasteiger partial charge in [-0.3, -0.25) is 0 Å². The highest BCUT2D eigenvalue weighted by molar-refractivity contribution is 5.86. The molecule has 0 aliphatic rings. The molecule has 4 rings (SSSR count). The molecular weight excluding hydrogens is 290 g/mol. The Kier molecular flexibility index (Phi) is 3.12. The number of aromatic amines is 1. The van der Waals surface area contributed by atoms with E-state index in [1.54, 1.807) is 7.11 Å². The van der Waals surface area contributed by atoms with Crippen LogP contribution in [-0.4, -0.2) is 22.1 Å². The van der Waals surface area contributed by atoms with Crippen LogP contribution >= 0.6 is 0 Å². The van der Waals surface area contributed by atoms with Crippen molar-refractivity contribution in [3.8, 4) is 17.4 Å². The molecule has 0 saturated carbocycles. The van der Waals surface area contributed by atoms with Gasteiger partial charge >= 0.3 is 0 Å². The van der Waals surface area contributed by atoms with Gasteiger partial charge in [0.25, 0.3) is 0 Å². The summed E-state index contributed by atoms with van der Waals surface area (Å²) < 4.78 is 11.4. The molecule has 5 nitrogen and oxygen atoms in total. The molecule has 2 heterocycles. The molecule has 0 fully saturated rings. The summed E-state index contributed by atoms with van der Waals surface area (Å²) in [6, 6.07) is 11.8. The van der Waals surface area contributed by atoms with Gasteiger partial charge in [-0.15, -0.1) is 0 Å². The Hall–Kier alpha value is -3.08. The minimum Gasteiger partial charge on any atom is -0.496 e. The van der Waals surface area contributed by atoms with Gasteiger partial charge in [-0.05, 0) is 48.9 Å². The van der Waals surface area contributed by atoms with Crippen LogP contribution < -0.4 is 9.47 Å². The van der Waals surface area contributed by atoms with Gasteiger partial charge in [0.2, 0.25) is 5.88 Å². The maximum absolute atomic E-state index is 5.99. The van der Waals surface area contributed by atoms with Crippen molar-refractivity contribution in [2.24, 2.45) is 0 Å². The molecule has 0 aliphatic heterocycles. The number of rotatable bonds is 3. The van der Waals surface area contributed by atoms with Crippen molar-refractivity contribution in [3.63, 3.8) is 0 Å². The predicted octanol–water partition coefficient (Wildman–Crippen LogP) is 4.22. The normalized spacial score (nSPS) is 11.0. The topological polar surface area (TPSA) is 60.0 Å². The first-order valence-corrected chi connectivity index (χ1v) is 7.29. The highest BCUT2D eigenvalue weighted by Crippen LogP contribution is 2.32. The van der Waals surface area contributed by atoms with Gasteiger partial charge in [0.05, 0.1) is 18.0 Å². The van der Waals surface area contributed by atoms with Crippen molar-refractivity contribution in [3.05, 3.63) is 54.5 Å². The highest BCUT2D eigenvalue weighted by Gasteiger charge is 2.10. The second kappa shape index (κ2) is 5.28. The average molecular weight is 305 g/mol. The molecule has 114 valence electrons. The van der Waals surface area contributed by atoms with E-state index in [0.717, 1.165) is 38.9 Å². The number of ether oxygens (including phenoxy) is 2. The summed E-state index contributed by atoms with van der Waals surface area (Å²) in [5.74, 6) is 2.04. The number of benzene rings is 2. The summed E-state index contributed by atoms with van der Waals surface area (Å²) in [6.45, 7) is 1.99. The van der Waals surface area contributed by atoms with Crippen LogP contribution in [0.4, 0.5) is 0 Å². The van der Waals surface area contributed by atoms with E-state index in [0.29, 0.717) is 5.88 Å². The molecule has 0 bridgehead atoms. The zero-order valence-corrected chi connectivity index (χ0v) is 12.8. The number of aryl methyl sites for hydroxylation is 1. The SMILES string of the molecule is COc1cc2c(Oc3ccc4[nH]ccc4c3)ncnc2cc1C. The van der Waals surface area contributed by atoms with Gasteiger partial charge in [-0.25, -0.2) is 9.97 Å². The number of fused-ring (bicyclic) bond motifs is 2. The Bertz CT molecular complexity index is 1010. The Morgan fingerprint density at radius 1 is 1.04 bits per heavy atom. The third kappa shape index (κ3) is 2.36. The van der Waals surface area contributed by atoms with Crippen molar-refractivity contribution in [1.29, 1.82) is 0 Å². The Morgan fingerprint density at radius 2 is 1.96 bits per heavy atom. The number of hydrogen-bond acceptors (Lipinski definition) is 4. The molecule has 0 aliphatic carbocycles. The minimum atomic E-state index is 0.517. The Balaban J connectivity index is 1.81. The van der Waals surface area contributed by atoms with Crippen molar-refractivity contribution >= 4 is 21.8 Å². The Labute approximate surface area is 132 Å². The second-order valence-electron chi connectivity index (χ2n) is 5.35. The molecule has 0 radical (unpaired) electrons. The van der Waals surface area contributed by atoms with Crippen LogP contribution in [0.3, 0.4) is 0 Å². The lowest BCUT2D eigenvalue weighted by Crippen LogP contribution is -1.94. The molecule has 0 saturated heterocycles. The maximum Gasteiger partial charge on any atom is 0.230 e. The summed E-state index contributed by atoms with van der Waals surface area (Å²) >= 11 is 0. The number of H-pyrrole nitrogens is 1. The molecule has 4 aromatic rings. The first kappa shape index (κ1) is 13.6. The van der Waals surface area contributed by atoms with Gasteiger partial charge in [-0.2, -0.15) is 0 Å². The summed E-state index contributed by atoms with van der Waals surface area (Å²) in [5.41, 5.74) is 2.93. The first-order chi connectivity index (χ1) is 11.2. The van der Waals surface area contributed by atoms with E-state index in [2.05, 4.69) is 15.0 Å². The van der Waals surface area contributed by atoms with Crippen LogP contribution in [0, 0.1) is 6.92 Å². The third-order valence-electron chi connectivity index (χ3n) is 3.85. The second-order valence-corrected chi connectivity index (χ2v) is 5.35. The summed E-state index contributed by atoms with van der Waals surface area (Å²) in [7, 11) is 1.65. The zero-order chi connectivity index (χ0) is 15.8. The zero-order valence-electron chi connectivity index (χ0n) is 12.8. The van der Waals surface area contributed by atoms with Crippen molar-refractivity contribution in [1.82, 2.24) is 15.0 Å². The highest BCUT2D eigenvalue weighted by atomic mass is 16.5. The van der Waals surface area contributed by atoms with Crippen LogP contribution in [0.15, 0.2) is 48.9 Å². The quantitative estimate of drug-likeness (QED) is 0.615. The van der Waals surface area contributed by atoms with Gasteiger partial charge in [0.1, 0.15) is 17.8 Å². The van der Waals surface area contributed by atoms with Gasteiger partial charge < -0.3 is 14.5 Å². The van der Waals surface area contributed by atoms with E-state index in [1.165, 1.54) is 6.33 Å². The van der Waals surface area contributed by atoms with Gasteiger partial charge in [0.15, 0.2) is 0 Å². The smallest absolute Gasteiger partial charge is 0.230 e. The lowest BCUT2D eigenvalue weighted by molar-refractivity contribution is 0.412. The fourth-order valence-electron chi connectivity index (χ4n) is 2.67. The van der Waals surface area contributed by atoms with Crippen LogP contribution in [-0.2, 0) is 0 Å². The van der Waals surface area contributed by atoms with Gasteiger partial charge in [0, 0.05) is 17.1 Å². The third-order valence-corrected chi connectivity index (χ3v) is 3.85. The van der Waals surface area contributed by atoms with E-state index in [4.69, 9.17) is 9.47 Å². The molecule has 0 unspecified atom stereocenters. The van der Waals surface area contributed by atoms with E-state index >= 15 is 0 Å². The number of nitrogens with one attached hydrogen (secondary N) is 1. The van der Waals surface area contributed by atoms with Crippen molar-refractivity contribution in [2.75, 3.05) is 7.11 Å². The average Bonchev–Trinajstić information content (AvgIpc) is 3.02. The van der Waals surface area contributed by atoms with E-state index in [1.807, 2.05) is 49.5 Å². The lowest BCUT2D eigenvalue weighted by Gasteiger charge is -2.10. The number of aromatic nitrogens is 3. The number of methoxy groups -OCH3 is 1. The largest absolute Gasteiger partial charge is 0.496 e. The van der Waals surface area contributed by atoms with E-state index < -0.39 is 0 Å². The molecule has 23 heavy (non-hydrogen) atoms. The molecule has 2 aromatic carbocycles. The standard InChI is InChI=1S/C18H15N3O2/c1-11-7-16-14(9-17(11)22-2)18(21-10-20-16)23-13-3-4-15-12(8-13)5-6-19-15/h3-10,19H,1-2H3. The number of nitrogens with zero attached hydrogens (tertiary/aromatic N) is 2. The summed E-state index contributed by atoms with van der Waals surface area (Å²) in [4.78, 5) is 11.8. The molecule has 0 spiro atoms. The van der Waals surface area contributed by atoms with Crippen LogP contribution in [0.1, 0.15) is 5.56 Å². The Morgan fingerprint density at radius 3 is 2.83 bits per heavy atom. The van der Waals surface area contributed by atoms with Crippen molar-refractivity contribution in [2.45, 2.75) is 6.92 Å². The first-order valence-electron chi connectivity index (χ1n) is 7.29. The lowest BCUT2D eigenvalue weighted by atomic mass is 10.1. The molecule has 1 N–H and O–H groups in total. The minimum absolute atomic E-state index is 0.517. The number of hydrogen-bond donors (Lipinski definition) is 1.